The van der Waals surface area contributed by atoms with E-state index >= 15 is 0 Å². The van der Waals surface area contributed by atoms with E-state index in [0.717, 1.165) is 22.2 Å². The average Bonchev–Trinajstić information content (AvgIpc) is 2.85. The molecule has 0 bridgehead atoms. The van der Waals surface area contributed by atoms with E-state index in [1.165, 1.54) is 5.56 Å². The molecule has 0 unspecified atom stereocenters. The number of nitrogens with two attached hydrogens (primary N) is 1. The number of anilines is 2. The van der Waals surface area contributed by atoms with Crippen LogP contribution in [0.2, 0.25) is 0 Å². The van der Waals surface area contributed by atoms with Gasteiger partial charge < -0.3 is 10.6 Å². The molecule has 0 atom stereocenters. The van der Waals surface area contributed by atoms with E-state index < -0.39 is 0 Å². The number of hydrogen-bond acceptors (Lipinski definition) is 5. The number of aromatic nitrogens is 4. The van der Waals surface area contributed by atoms with E-state index in [9.17, 15) is 0 Å². The highest BCUT2D eigenvalue weighted by atomic mass is 79.9. The van der Waals surface area contributed by atoms with Gasteiger partial charge in [-0.25, -0.2) is 0 Å². The Bertz CT molecular complexity index is 753. The maximum atomic E-state index is 5.74. The third-order valence-corrected chi connectivity index (χ3v) is 3.47. The van der Waals surface area contributed by atoms with E-state index in [4.69, 9.17) is 5.73 Å². The van der Waals surface area contributed by atoms with Gasteiger partial charge in [-0.3, -0.25) is 5.10 Å². The van der Waals surface area contributed by atoms with E-state index in [1.807, 2.05) is 24.1 Å². The number of aromatic amines is 1. The van der Waals surface area contributed by atoms with Crippen molar-refractivity contribution in [3.05, 3.63) is 40.5 Å². The molecule has 20 heavy (non-hydrogen) atoms. The minimum Gasteiger partial charge on any atom is -0.368 e. The molecule has 3 rings (SSSR count). The third kappa shape index (κ3) is 2.44. The summed E-state index contributed by atoms with van der Waals surface area (Å²) in [5, 5.41) is 7.66. The maximum absolute atomic E-state index is 5.74. The van der Waals surface area contributed by atoms with Crippen molar-refractivity contribution in [2.24, 2.45) is 0 Å². The van der Waals surface area contributed by atoms with Gasteiger partial charge >= 0.3 is 0 Å². The predicted molar refractivity (Wildman–Crippen MR) is 82.3 cm³/mol. The Balaban J connectivity index is 1.96. The van der Waals surface area contributed by atoms with Crippen molar-refractivity contribution in [2.45, 2.75) is 6.54 Å². The number of H-pyrrole nitrogens is 1. The Morgan fingerprint density at radius 3 is 3.00 bits per heavy atom. The topological polar surface area (TPSA) is 83.7 Å². The number of halogens is 1. The quantitative estimate of drug-likeness (QED) is 0.769. The first-order chi connectivity index (χ1) is 9.63. The van der Waals surface area contributed by atoms with Crippen LogP contribution in [0.25, 0.3) is 11.0 Å². The minimum atomic E-state index is 0.234. The van der Waals surface area contributed by atoms with Crippen LogP contribution in [0.15, 0.2) is 34.9 Å². The first-order valence-corrected chi connectivity index (χ1v) is 6.85. The standard InChI is InChI=1S/C13H13BrN6/c1-20(7-8-3-2-4-9(14)5-8)12-10-6-16-19-11(10)17-13(15)18-12/h2-6H,7H2,1H3,(H3,15,16,17,18,19). The number of nitrogens with zero attached hydrogens (tertiary/aromatic N) is 4. The molecular weight excluding hydrogens is 320 g/mol. The summed E-state index contributed by atoms with van der Waals surface area (Å²) >= 11 is 3.47. The lowest BCUT2D eigenvalue weighted by atomic mass is 10.2. The summed E-state index contributed by atoms with van der Waals surface area (Å²) in [6.45, 7) is 0.718. The van der Waals surface area contributed by atoms with Crippen LogP contribution in [0.4, 0.5) is 11.8 Å². The van der Waals surface area contributed by atoms with Crippen LogP contribution in [0.5, 0.6) is 0 Å². The second-order valence-corrected chi connectivity index (χ2v) is 5.44. The van der Waals surface area contributed by atoms with Gasteiger partial charge in [0.25, 0.3) is 0 Å². The van der Waals surface area contributed by atoms with Crippen LogP contribution < -0.4 is 10.6 Å². The molecule has 6 nitrogen and oxygen atoms in total. The Morgan fingerprint density at radius 2 is 2.20 bits per heavy atom. The van der Waals surface area contributed by atoms with Crippen molar-refractivity contribution in [1.82, 2.24) is 20.2 Å². The summed E-state index contributed by atoms with van der Waals surface area (Å²) in [5.41, 5.74) is 7.56. The SMILES string of the molecule is CN(Cc1cccc(Br)c1)c1nc(N)nc2[nH]ncc12. The maximum Gasteiger partial charge on any atom is 0.224 e. The lowest BCUT2D eigenvalue weighted by molar-refractivity contribution is 0.901. The van der Waals surface area contributed by atoms with Crippen molar-refractivity contribution in [3.63, 3.8) is 0 Å². The number of hydrogen-bond donors (Lipinski definition) is 2. The van der Waals surface area contributed by atoms with Gasteiger partial charge in [0.1, 0.15) is 5.82 Å². The summed E-state index contributed by atoms with van der Waals surface area (Å²) in [7, 11) is 1.97. The number of benzene rings is 1. The van der Waals surface area contributed by atoms with Gasteiger partial charge in [-0.2, -0.15) is 15.1 Å². The first-order valence-electron chi connectivity index (χ1n) is 6.05. The van der Waals surface area contributed by atoms with E-state index in [0.29, 0.717) is 5.65 Å². The molecule has 1 aromatic carbocycles. The molecule has 0 aliphatic rings. The molecule has 0 aliphatic carbocycles. The van der Waals surface area contributed by atoms with Gasteiger partial charge in [-0.05, 0) is 17.7 Å². The number of rotatable bonds is 3. The Hall–Kier alpha value is -2.15. The monoisotopic (exact) mass is 332 g/mol. The third-order valence-electron chi connectivity index (χ3n) is 2.98. The fourth-order valence-corrected chi connectivity index (χ4v) is 2.56. The van der Waals surface area contributed by atoms with E-state index in [-0.39, 0.29) is 5.95 Å². The molecule has 3 N–H and O–H groups in total. The molecule has 0 aliphatic heterocycles. The molecule has 2 aromatic heterocycles. The van der Waals surface area contributed by atoms with Crippen LogP contribution in [0.1, 0.15) is 5.56 Å². The minimum absolute atomic E-state index is 0.234. The van der Waals surface area contributed by atoms with Crippen LogP contribution in [-0.4, -0.2) is 27.2 Å². The second kappa shape index (κ2) is 5.09. The normalized spacial score (nSPS) is 10.9. The molecule has 0 amide bonds. The summed E-state index contributed by atoms with van der Waals surface area (Å²) in [6.07, 6.45) is 1.71. The lowest BCUT2D eigenvalue weighted by Gasteiger charge is -2.19. The van der Waals surface area contributed by atoms with E-state index in [1.54, 1.807) is 6.20 Å². The zero-order valence-corrected chi connectivity index (χ0v) is 12.4. The molecule has 0 saturated carbocycles. The smallest absolute Gasteiger partial charge is 0.224 e. The van der Waals surface area contributed by atoms with E-state index in [2.05, 4.69) is 48.2 Å². The highest BCUT2D eigenvalue weighted by Crippen LogP contribution is 2.23. The molecule has 0 radical (unpaired) electrons. The van der Waals surface area contributed by atoms with Crippen LogP contribution in [-0.2, 0) is 6.54 Å². The first kappa shape index (κ1) is 12.9. The number of nitrogen functional groups attached to an aromatic ring is 1. The van der Waals surface area contributed by atoms with Crippen molar-refractivity contribution in [2.75, 3.05) is 17.7 Å². The average molecular weight is 333 g/mol. The van der Waals surface area contributed by atoms with Gasteiger partial charge in [0.05, 0.1) is 11.6 Å². The molecule has 102 valence electrons. The van der Waals surface area contributed by atoms with Gasteiger partial charge in [-0.1, -0.05) is 28.1 Å². The Morgan fingerprint density at radius 1 is 1.35 bits per heavy atom. The molecular formula is C13H13BrN6. The summed E-state index contributed by atoms with van der Waals surface area (Å²) in [5.74, 6) is 0.999. The second-order valence-electron chi connectivity index (χ2n) is 4.52. The fraction of sp³-hybridized carbons (Fsp3) is 0.154. The van der Waals surface area contributed by atoms with Crippen molar-refractivity contribution < 1.29 is 0 Å². The van der Waals surface area contributed by atoms with Crippen molar-refractivity contribution >= 4 is 38.7 Å². The Kier molecular flexibility index (Phi) is 3.27. The molecule has 2 heterocycles. The summed E-state index contributed by atoms with van der Waals surface area (Å²) in [4.78, 5) is 10.5. The van der Waals surface area contributed by atoms with Crippen LogP contribution >= 0.6 is 15.9 Å². The van der Waals surface area contributed by atoms with Crippen LogP contribution in [0, 0.1) is 0 Å². The molecule has 0 fully saturated rings. The fourth-order valence-electron chi connectivity index (χ4n) is 2.11. The molecule has 0 spiro atoms. The highest BCUT2D eigenvalue weighted by Gasteiger charge is 2.12. The van der Waals surface area contributed by atoms with Crippen molar-refractivity contribution in [3.8, 4) is 0 Å². The van der Waals surface area contributed by atoms with Crippen LogP contribution in [0.3, 0.4) is 0 Å². The largest absolute Gasteiger partial charge is 0.368 e. The van der Waals surface area contributed by atoms with Gasteiger partial charge in [0, 0.05) is 18.1 Å². The zero-order chi connectivity index (χ0) is 14.1. The Labute approximate surface area is 124 Å². The number of fused-ring (bicyclic) bond motifs is 1. The summed E-state index contributed by atoms with van der Waals surface area (Å²) < 4.78 is 1.05. The predicted octanol–water partition coefficient (Wildman–Crippen LogP) is 2.33. The van der Waals surface area contributed by atoms with Gasteiger partial charge in [-0.15, -0.1) is 0 Å². The molecule has 7 heteroatoms. The lowest BCUT2D eigenvalue weighted by Crippen LogP contribution is -2.18. The number of nitrogens with one attached hydrogen (secondary N) is 1. The van der Waals surface area contributed by atoms with Gasteiger partial charge in [0.2, 0.25) is 5.95 Å². The van der Waals surface area contributed by atoms with Crippen molar-refractivity contribution in [1.29, 1.82) is 0 Å². The zero-order valence-electron chi connectivity index (χ0n) is 10.8. The summed E-state index contributed by atoms with van der Waals surface area (Å²) in [6, 6.07) is 8.15. The molecule has 3 aromatic rings. The highest BCUT2D eigenvalue weighted by molar-refractivity contribution is 9.10. The molecule has 0 saturated heterocycles. The van der Waals surface area contributed by atoms with Gasteiger partial charge in [0.15, 0.2) is 5.65 Å².